The average Bonchev–Trinajstić information content (AvgIpc) is 2.52. The van der Waals surface area contributed by atoms with Crippen molar-refractivity contribution in [1.82, 2.24) is 10.6 Å². The maximum atomic E-state index is 12.8. The summed E-state index contributed by atoms with van der Waals surface area (Å²) in [4.78, 5) is 24.9. The molecular formula is C19H30N2O2. The number of nitrogens with one attached hydrogen (secondary N) is 2. The maximum absolute atomic E-state index is 12.8. The summed E-state index contributed by atoms with van der Waals surface area (Å²) in [6.07, 6.45) is 13.1. The van der Waals surface area contributed by atoms with E-state index in [9.17, 15) is 9.59 Å². The van der Waals surface area contributed by atoms with E-state index in [4.69, 9.17) is 0 Å². The molecule has 2 N–H and O–H groups in total. The first-order chi connectivity index (χ1) is 11.1. The Morgan fingerprint density at radius 1 is 0.870 bits per heavy atom. The molecule has 5 aliphatic rings. The van der Waals surface area contributed by atoms with Crippen LogP contribution in [0.2, 0.25) is 0 Å². The number of amides is 2. The van der Waals surface area contributed by atoms with Crippen LogP contribution in [0.5, 0.6) is 0 Å². The minimum absolute atomic E-state index is 0.00465. The van der Waals surface area contributed by atoms with Gasteiger partial charge in [0.15, 0.2) is 0 Å². The summed E-state index contributed by atoms with van der Waals surface area (Å²) < 4.78 is 0. The third-order valence-corrected chi connectivity index (χ3v) is 6.90. The fourth-order valence-corrected chi connectivity index (χ4v) is 6.26. The minimum atomic E-state index is -0.139. The highest BCUT2D eigenvalue weighted by Crippen LogP contribution is 2.60. The molecule has 0 aliphatic heterocycles. The van der Waals surface area contributed by atoms with Gasteiger partial charge in [0.2, 0.25) is 11.8 Å². The second kappa shape index (κ2) is 6.10. The molecule has 23 heavy (non-hydrogen) atoms. The van der Waals surface area contributed by atoms with E-state index >= 15 is 0 Å². The molecule has 0 aromatic rings. The first-order valence-corrected chi connectivity index (χ1v) is 9.71. The predicted octanol–water partition coefficient (Wildman–Crippen LogP) is 2.77. The molecule has 0 heterocycles. The van der Waals surface area contributed by atoms with E-state index in [0.29, 0.717) is 6.04 Å². The second-order valence-electron chi connectivity index (χ2n) is 8.78. The molecule has 2 amide bonds. The van der Waals surface area contributed by atoms with Crippen molar-refractivity contribution in [2.24, 2.45) is 23.2 Å². The van der Waals surface area contributed by atoms with Gasteiger partial charge < -0.3 is 10.6 Å². The molecule has 0 radical (unpaired) electrons. The van der Waals surface area contributed by atoms with Gasteiger partial charge in [-0.2, -0.15) is 0 Å². The van der Waals surface area contributed by atoms with Crippen molar-refractivity contribution in [2.75, 3.05) is 6.54 Å². The van der Waals surface area contributed by atoms with Gasteiger partial charge in [-0.3, -0.25) is 9.59 Å². The van der Waals surface area contributed by atoms with E-state index in [2.05, 4.69) is 10.6 Å². The van der Waals surface area contributed by atoms with Crippen molar-refractivity contribution in [3.8, 4) is 0 Å². The number of rotatable bonds is 4. The van der Waals surface area contributed by atoms with E-state index in [-0.39, 0.29) is 23.8 Å². The zero-order chi connectivity index (χ0) is 15.9. The minimum Gasteiger partial charge on any atom is -0.352 e. The average molecular weight is 318 g/mol. The van der Waals surface area contributed by atoms with Crippen LogP contribution in [0.15, 0.2) is 0 Å². The Balaban J connectivity index is 1.29. The zero-order valence-electron chi connectivity index (χ0n) is 14.1. The van der Waals surface area contributed by atoms with Gasteiger partial charge >= 0.3 is 0 Å². The summed E-state index contributed by atoms with van der Waals surface area (Å²) in [6.45, 7) is 0.164. The lowest BCUT2D eigenvalue weighted by atomic mass is 9.49. The number of carbonyl (C=O) groups is 2. The molecule has 5 saturated carbocycles. The summed E-state index contributed by atoms with van der Waals surface area (Å²) in [5.41, 5.74) is -0.139. The monoisotopic (exact) mass is 318 g/mol. The Morgan fingerprint density at radius 2 is 1.43 bits per heavy atom. The lowest BCUT2D eigenvalue weighted by Crippen LogP contribution is -2.55. The van der Waals surface area contributed by atoms with Crippen molar-refractivity contribution in [3.05, 3.63) is 0 Å². The van der Waals surface area contributed by atoms with Crippen molar-refractivity contribution < 1.29 is 9.59 Å². The lowest BCUT2D eigenvalue weighted by molar-refractivity contribution is -0.147. The molecule has 0 aromatic carbocycles. The van der Waals surface area contributed by atoms with Gasteiger partial charge in [-0.1, -0.05) is 19.3 Å². The summed E-state index contributed by atoms with van der Waals surface area (Å²) in [6, 6.07) is 0.327. The Kier molecular flexibility index (Phi) is 4.10. The molecule has 5 fully saturated rings. The molecule has 0 aromatic heterocycles. The van der Waals surface area contributed by atoms with Crippen LogP contribution in [0.4, 0.5) is 0 Å². The second-order valence-corrected chi connectivity index (χ2v) is 8.78. The number of hydrogen-bond donors (Lipinski definition) is 2. The molecule has 4 heteroatoms. The van der Waals surface area contributed by atoms with Crippen LogP contribution in [0.1, 0.15) is 70.6 Å². The van der Waals surface area contributed by atoms with Gasteiger partial charge in [-0.25, -0.2) is 0 Å². The standard InChI is InChI=1S/C19H30N2O2/c22-17(21-16-4-2-1-3-5-16)12-20-18(23)19-9-13-6-14(10-19)8-15(7-13)11-19/h13-16H,1-12H2,(H,20,23)(H,21,22). The molecule has 0 saturated heterocycles. The van der Waals surface area contributed by atoms with Gasteiger partial charge in [0.05, 0.1) is 6.54 Å². The van der Waals surface area contributed by atoms with E-state index in [1.807, 2.05) is 0 Å². The van der Waals surface area contributed by atoms with Gasteiger partial charge in [0.1, 0.15) is 0 Å². The molecule has 4 nitrogen and oxygen atoms in total. The van der Waals surface area contributed by atoms with Crippen molar-refractivity contribution in [1.29, 1.82) is 0 Å². The van der Waals surface area contributed by atoms with Crippen LogP contribution in [0.25, 0.3) is 0 Å². The van der Waals surface area contributed by atoms with E-state index in [1.165, 1.54) is 38.5 Å². The number of hydrogen-bond acceptors (Lipinski definition) is 2. The molecule has 5 aliphatic carbocycles. The maximum Gasteiger partial charge on any atom is 0.239 e. The van der Waals surface area contributed by atoms with E-state index in [1.54, 1.807) is 0 Å². The van der Waals surface area contributed by atoms with Gasteiger partial charge in [-0.15, -0.1) is 0 Å². The molecule has 5 rings (SSSR count). The summed E-state index contributed by atoms with van der Waals surface area (Å²) in [5.74, 6) is 2.46. The molecule has 0 unspecified atom stereocenters. The van der Waals surface area contributed by atoms with Crippen LogP contribution in [-0.2, 0) is 9.59 Å². The quantitative estimate of drug-likeness (QED) is 0.837. The first kappa shape index (κ1) is 15.5. The fraction of sp³-hybridized carbons (Fsp3) is 0.895. The highest BCUT2D eigenvalue weighted by molar-refractivity contribution is 5.88. The largest absolute Gasteiger partial charge is 0.352 e. The predicted molar refractivity (Wildman–Crippen MR) is 88.6 cm³/mol. The van der Waals surface area contributed by atoms with Gasteiger partial charge in [0, 0.05) is 11.5 Å². The Morgan fingerprint density at radius 3 is 2.00 bits per heavy atom. The fourth-order valence-electron chi connectivity index (χ4n) is 6.26. The van der Waals surface area contributed by atoms with Crippen molar-refractivity contribution in [3.63, 3.8) is 0 Å². The molecule has 128 valence electrons. The first-order valence-electron chi connectivity index (χ1n) is 9.71. The zero-order valence-corrected chi connectivity index (χ0v) is 14.1. The summed E-state index contributed by atoms with van der Waals surface area (Å²) >= 11 is 0. The SMILES string of the molecule is O=C(CNC(=O)C12CC3CC(CC(C3)C1)C2)NC1CCCCC1. The van der Waals surface area contributed by atoms with Crippen LogP contribution < -0.4 is 10.6 Å². The lowest BCUT2D eigenvalue weighted by Gasteiger charge is -2.55. The van der Waals surface area contributed by atoms with E-state index in [0.717, 1.165) is 49.9 Å². The Bertz CT molecular complexity index is 446. The van der Waals surface area contributed by atoms with Crippen molar-refractivity contribution in [2.45, 2.75) is 76.7 Å². The van der Waals surface area contributed by atoms with Crippen LogP contribution in [-0.4, -0.2) is 24.4 Å². The number of carbonyl (C=O) groups excluding carboxylic acids is 2. The van der Waals surface area contributed by atoms with Gasteiger partial charge in [0.25, 0.3) is 0 Å². The molecule has 0 atom stereocenters. The molecular weight excluding hydrogens is 288 g/mol. The van der Waals surface area contributed by atoms with Crippen molar-refractivity contribution >= 4 is 11.8 Å². The van der Waals surface area contributed by atoms with Gasteiger partial charge in [-0.05, 0) is 69.1 Å². The highest BCUT2D eigenvalue weighted by atomic mass is 16.2. The summed E-state index contributed by atoms with van der Waals surface area (Å²) in [5, 5.41) is 6.07. The topological polar surface area (TPSA) is 58.2 Å². The summed E-state index contributed by atoms with van der Waals surface area (Å²) in [7, 11) is 0. The molecule has 4 bridgehead atoms. The smallest absolute Gasteiger partial charge is 0.239 e. The highest BCUT2D eigenvalue weighted by Gasteiger charge is 2.54. The normalized spacial score (nSPS) is 39.2. The third kappa shape index (κ3) is 3.14. The van der Waals surface area contributed by atoms with Crippen LogP contribution >= 0.6 is 0 Å². The third-order valence-electron chi connectivity index (χ3n) is 6.90. The van der Waals surface area contributed by atoms with Crippen LogP contribution in [0.3, 0.4) is 0 Å². The Labute approximate surface area is 139 Å². The van der Waals surface area contributed by atoms with Crippen LogP contribution in [0, 0.1) is 23.2 Å². The molecule has 0 spiro atoms. The Hall–Kier alpha value is -1.06. The van der Waals surface area contributed by atoms with E-state index < -0.39 is 0 Å².